The van der Waals surface area contributed by atoms with Crippen LogP contribution in [0.15, 0.2) is 41.0 Å². The predicted molar refractivity (Wildman–Crippen MR) is 97.4 cm³/mol. The number of hydrogen-bond donors (Lipinski definition) is 1. The maximum atomic E-state index is 12.0. The average Bonchev–Trinajstić information content (AvgIpc) is 2.51. The van der Waals surface area contributed by atoms with Crippen molar-refractivity contribution in [2.24, 2.45) is 0 Å². The number of nitrogens with zero attached hydrogens (tertiary/aromatic N) is 1. The second-order valence-electron chi connectivity index (χ2n) is 6.01. The van der Waals surface area contributed by atoms with E-state index in [0.29, 0.717) is 22.0 Å². The SMILES string of the molecule is CC1=C(OC(=O)OC(C)C)C(c2ccc(Cl)c(Cl)c2)C([N+](=O)[O-])=C(C)N1. The van der Waals surface area contributed by atoms with Gasteiger partial charge in [0.1, 0.15) is 11.7 Å². The van der Waals surface area contributed by atoms with E-state index in [1.54, 1.807) is 33.8 Å². The minimum Gasteiger partial charge on any atom is -0.431 e. The highest BCUT2D eigenvalue weighted by Crippen LogP contribution is 2.40. The van der Waals surface area contributed by atoms with Crippen molar-refractivity contribution in [3.05, 3.63) is 66.8 Å². The Hall–Kier alpha value is -2.25. The van der Waals surface area contributed by atoms with Gasteiger partial charge in [0, 0.05) is 0 Å². The standard InChI is InChI=1S/C17H18Cl2N2O5/c1-8(2)25-17(22)26-16-10(4)20-9(3)15(21(23)24)14(16)11-5-6-12(18)13(19)7-11/h5-8,14,20H,1-4H3. The zero-order valence-electron chi connectivity index (χ0n) is 14.6. The summed E-state index contributed by atoms with van der Waals surface area (Å²) in [4.78, 5) is 23.1. The van der Waals surface area contributed by atoms with Crippen LogP contribution in [0, 0.1) is 10.1 Å². The van der Waals surface area contributed by atoms with Crippen LogP contribution in [0.4, 0.5) is 4.79 Å². The van der Waals surface area contributed by atoms with Crippen LogP contribution in [0.25, 0.3) is 0 Å². The van der Waals surface area contributed by atoms with Crippen molar-refractivity contribution in [1.82, 2.24) is 5.32 Å². The zero-order chi connectivity index (χ0) is 19.6. The topological polar surface area (TPSA) is 90.7 Å². The van der Waals surface area contributed by atoms with Crippen LogP contribution in [0.2, 0.25) is 10.0 Å². The van der Waals surface area contributed by atoms with Crippen molar-refractivity contribution in [2.75, 3.05) is 0 Å². The highest BCUT2D eigenvalue weighted by atomic mass is 35.5. The van der Waals surface area contributed by atoms with Gasteiger partial charge in [-0.3, -0.25) is 10.1 Å². The van der Waals surface area contributed by atoms with Crippen LogP contribution in [-0.4, -0.2) is 17.2 Å². The first kappa shape index (κ1) is 20.1. The van der Waals surface area contributed by atoms with Crippen LogP contribution in [0.5, 0.6) is 0 Å². The molecule has 0 spiro atoms. The molecule has 140 valence electrons. The molecule has 1 aliphatic rings. The molecule has 0 amide bonds. The molecule has 7 nitrogen and oxygen atoms in total. The van der Waals surface area contributed by atoms with Gasteiger partial charge in [-0.1, -0.05) is 29.3 Å². The van der Waals surface area contributed by atoms with Crippen molar-refractivity contribution < 1.29 is 19.2 Å². The molecule has 1 aromatic carbocycles. The number of carbonyl (C=O) groups is 1. The van der Waals surface area contributed by atoms with Gasteiger partial charge in [-0.05, 0) is 45.4 Å². The fourth-order valence-corrected chi connectivity index (χ4v) is 2.96. The second kappa shape index (κ2) is 7.97. The number of nitrogens with one attached hydrogen (secondary N) is 1. The van der Waals surface area contributed by atoms with E-state index in [2.05, 4.69) is 5.32 Å². The molecule has 1 aliphatic heterocycles. The molecule has 2 rings (SSSR count). The third kappa shape index (κ3) is 4.28. The Morgan fingerprint density at radius 2 is 1.88 bits per heavy atom. The lowest BCUT2D eigenvalue weighted by Gasteiger charge is -2.26. The summed E-state index contributed by atoms with van der Waals surface area (Å²) >= 11 is 12.0. The Morgan fingerprint density at radius 1 is 1.23 bits per heavy atom. The summed E-state index contributed by atoms with van der Waals surface area (Å²) < 4.78 is 10.3. The van der Waals surface area contributed by atoms with Crippen LogP contribution in [-0.2, 0) is 9.47 Å². The number of dihydropyridines is 1. The van der Waals surface area contributed by atoms with E-state index in [1.165, 1.54) is 12.1 Å². The highest BCUT2D eigenvalue weighted by molar-refractivity contribution is 6.42. The van der Waals surface area contributed by atoms with Gasteiger partial charge in [-0.2, -0.15) is 0 Å². The number of allylic oxidation sites excluding steroid dienone is 2. The van der Waals surface area contributed by atoms with E-state index in [1.807, 2.05) is 0 Å². The lowest BCUT2D eigenvalue weighted by molar-refractivity contribution is -0.431. The predicted octanol–water partition coefficient (Wildman–Crippen LogP) is 4.98. The first-order valence-electron chi connectivity index (χ1n) is 7.78. The third-order valence-electron chi connectivity index (χ3n) is 3.66. The van der Waals surface area contributed by atoms with Gasteiger partial charge in [0.2, 0.25) is 0 Å². The fraction of sp³-hybridized carbons (Fsp3) is 0.353. The Bertz CT molecular complexity index is 817. The lowest BCUT2D eigenvalue weighted by Crippen LogP contribution is -2.30. The number of ether oxygens (including phenoxy) is 2. The summed E-state index contributed by atoms with van der Waals surface area (Å²) in [6.45, 7) is 6.58. The normalized spacial score (nSPS) is 17.3. The number of carbonyl (C=O) groups excluding carboxylic acids is 1. The average molecular weight is 401 g/mol. The van der Waals surface area contributed by atoms with Crippen LogP contribution in [0.1, 0.15) is 39.2 Å². The highest BCUT2D eigenvalue weighted by Gasteiger charge is 2.40. The summed E-state index contributed by atoms with van der Waals surface area (Å²) in [5, 5.41) is 15.1. The van der Waals surface area contributed by atoms with Gasteiger partial charge in [0.05, 0.1) is 32.5 Å². The van der Waals surface area contributed by atoms with E-state index < -0.39 is 23.1 Å². The minimum atomic E-state index is -0.944. The quantitative estimate of drug-likeness (QED) is 0.435. The number of nitro groups is 1. The Kier molecular flexibility index (Phi) is 6.15. The van der Waals surface area contributed by atoms with Crippen LogP contribution in [0.3, 0.4) is 0 Å². The third-order valence-corrected chi connectivity index (χ3v) is 4.40. The maximum absolute atomic E-state index is 12.0. The molecule has 1 aromatic rings. The largest absolute Gasteiger partial charge is 0.513 e. The molecular formula is C17H18Cl2N2O5. The number of benzene rings is 1. The fourth-order valence-electron chi connectivity index (χ4n) is 2.65. The second-order valence-corrected chi connectivity index (χ2v) is 6.82. The molecule has 0 saturated carbocycles. The molecule has 1 N–H and O–H groups in total. The first-order valence-corrected chi connectivity index (χ1v) is 8.53. The molecule has 0 radical (unpaired) electrons. The molecule has 0 saturated heterocycles. The number of halogens is 2. The molecular weight excluding hydrogens is 383 g/mol. The monoisotopic (exact) mass is 400 g/mol. The molecule has 0 bridgehead atoms. The molecule has 1 atom stereocenters. The Morgan fingerprint density at radius 3 is 2.42 bits per heavy atom. The van der Waals surface area contributed by atoms with Crippen molar-refractivity contribution in [1.29, 1.82) is 0 Å². The van der Waals surface area contributed by atoms with Gasteiger partial charge in [0.25, 0.3) is 5.70 Å². The van der Waals surface area contributed by atoms with Gasteiger partial charge >= 0.3 is 6.16 Å². The van der Waals surface area contributed by atoms with Crippen molar-refractivity contribution in [3.63, 3.8) is 0 Å². The Labute approximate surface area is 160 Å². The Balaban J connectivity index is 2.55. The van der Waals surface area contributed by atoms with Crippen LogP contribution < -0.4 is 5.32 Å². The van der Waals surface area contributed by atoms with E-state index in [-0.39, 0.29) is 16.5 Å². The van der Waals surface area contributed by atoms with Gasteiger partial charge in [0.15, 0.2) is 0 Å². The van der Waals surface area contributed by atoms with Crippen molar-refractivity contribution in [2.45, 2.75) is 39.7 Å². The van der Waals surface area contributed by atoms with E-state index in [4.69, 9.17) is 32.7 Å². The van der Waals surface area contributed by atoms with Gasteiger partial charge < -0.3 is 14.8 Å². The van der Waals surface area contributed by atoms with E-state index in [9.17, 15) is 14.9 Å². The van der Waals surface area contributed by atoms with Crippen molar-refractivity contribution in [3.8, 4) is 0 Å². The zero-order valence-corrected chi connectivity index (χ0v) is 16.1. The summed E-state index contributed by atoms with van der Waals surface area (Å²) in [6, 6.07) is 4.65. The van der Waals surface area contributed by atoms with Crippen molar-refractivity contribution >= 4 is 29.4 Å². The summed E-state index contributed by atoms with van der Waals surface area (Å²) in [5.41, 5.74) is 1.12. The summed E-state index contributed by atoms with van der Waals surface area (Å²) in [7, 11) is 0. The lowest BCUT2D eigenvalue weighted by atomic mass is 9.89. The molecule has 0 fully saturated rings. The molecule has 0 aliphatic carbocycles. The van der Waals surface area contributed by atoms with Crippen LogP contribution >= 0.6 is 23.2 Å². The molecule has 1 heterocycles. The number of hydrogen-bond acceptors (Lipinski definition) is 6. The van der Waals surface area contributed by atoms with E-state index in [0.717, 1.165) is 0 Å². The summed E-state index contributed by atoms with van der Waals surface area (Å²) in [5.74, 6) is -0.868. The number of rotatable bonds is 4. The minimum absolute atomic E-state index is 0.0753. The molecule has 26 heavy (non-hydrogen) atoms. The smallest absolute Gasteiger partial charge is 0.431 e. The molecule has 1 unspecified atom stereocenters. The molecule has 0 aromatic heterocycles. The van der Waals surface area contributed by atoms with Gasteiger partial charge in [-0.15, -0.1) is 0 Å². The summed E-state index contributed by atoms with van der Waals surface area (Å²) in [6.07, 6.45) is -1.33. The maximum Gasteiger partial charge on any atom is 0.513 e. The van der Waals surface area contributed by atoms with E-state index >= 15 is 0 Å². The van der Waals surface area contributed by atoms with Gasteiger partial charge in [-0.25, -0.2) is 4.79 Å². The first-order chi connectivity index (χ1) is 12.1. The molecule has 9 heteroatoms.